The number of pyridine rings is 1. The van der Waals surface area contributed by atoms with Crippen molar-refractivity contribution >= 4 is 21.9 Å². The molecule has 1 unspecified atom stereocenters. The first-order chi connectivity index (χ1) is 10.8. The summed E-state index contributed by atoms with van der Waals surface area (Å²) in [5.74, 6) is 0. The van der Waals surface area contributed by atoms with Crippen LogP contribution in [0.4, 0.5) is 0 Å². The van der Waals surface area contributed by atoms with Crippen molar-refractivity contribution < 1.29 is 0 Å². The topological polar surface area (TPSA) is 66.5 Å². The summed E-state index contributed by atoms with van der Waals surface area (Å²) in [6, 6.07) is 2.33. The summed E-state index contributed by atoms with van der Waals surface area (Å²) in [6.07, 6.45) is 10.7. The van der Waals surface area contributed by atoms with E-state index < -0.39 is 0 Å². The summed E-state index contributed by atoms with van der Waals surface area (Å²) in [6.45, 7) is 4.41. The quantitative estimate of drug-likeness (QED) is 0.644. The van der Waals surface area contributed by atoms with E-state index >= 15 is 0 Å². The average molecular weight is 300 g/mol. The van der Waals surface area contributed by atoms with Gasteiger partial charge in [-0.1, -0.05) is 39.5 Å². The molecule has 3 heterocycles. The zero-order valence-electron chi connectivity index (χ0n) is 13.4. The molecule has 0 spiro atoms. The predicted molar refractivity (Wildman–Crippen MR) is 90.3 cm³/mol. The highest BCUT2D eigenvalue weighted by Gasteiger charge is 2.17. The monoisotopic (exact) mass is 300 g/mol. The third-order valence-corrected chi connectivity index (χ3v) is 4.49. The van der Waals surface area contributed by atoms with Gasteiger partial charge in [-0.2, -0.15) is 0 Å². The molecule has 0 aliphatic heterocycles. The maximum absolute atomic E-state index is 12.2. The van der Waals surface area contributed by atoms with Crippen molar-refractivity contribution in [2.24, 2.45) is 0 Å². The van der Waals surface area contributed by atoms with E-state index in [9.17, 15) is 4.79 Å². The SMILES string of the molecule is CCCCCCC(CC)n1[nH]c(=O)c2cnc3[nH]ccc3c21. The largest absolute Gasteiger partial charge is 0.346 e. The van der Waals surface area contributed by atoms with Gasteiger partial charge in [0.15, 0.2) is 0 Å². The van der Waals surface area contributed by atoms with Crippen molar-refractivity contribution in [3.63, 3.8) is 0 Å². The second-order valence-electron chi connectivity index (χ2n) is 5.98. The molecule has 0 saturated heterocycles. The third-order valence-electron chi connectivity index (χ3n) is 4.49. The number of H-pyrrole nitrogens is 2. The Bertz CT molecular complexity index is 811. The van der Waals surface area contributed by atoms with E-state index in [0.29, 0.717) is 11.4 Å². The third kappa shape index (κ3) is 2.56. The zero-order valence-corrected chi connectivity index (χ0v) is 13.4. The number of nitrogens with zero attached hydrogens (tertiary/aromatic N) is 2. The van der Waals surface area contributed by atoms with Crippen LogP contribution in [-0.4, -0.2) is 19.7 Å². The first kappa shape index (κ1) is 14.9. The Labute approximate surface area is 129 Å². The first-order valence-electron chi connectivity index (χ1n) is 8.32. The Balaban J connectivity index is 2.01. The molecule has 1 atom stereocenters. The van der Waals surface area contributed by atoms with Gasteiger partial charge in [-0.25, -0.2) is 4.98 Å². The van der Waals surface area contributed by atoms with Crippen molar-refractivity contribution in [3.8, 4) is 0 Å². The van der Waals surface area contributed by atoms with E-state index in [1.165, 1.54) is 25.7 Å². The molecule has 3 aromatic rings. The van der Waals surface area contributed by atoms with E-state index in [1.54, 1.807) is 6.20 Å². The fourth-order valence-corrected chi connectivity index (χ4v) is 3.24. The summed E-state index contributed by atoms with van der Waals surface area (Å²) in [5, 5.41) is 4.73. The lowest BCUT2D eigenvalue weighted by atomic mass is 10.1. The Morgan fingerprint density at radius 3 is 2.86 bits per heavy atom. The number of nitrogens with one attached hydrogen (secondary N) is 2. The summed E-state index contributed by atoms with van der Waals surface area (Å²) in [4.78, 5) is 19.7. The minimum absolute atomic E-state index is 0.0439. The van der Waals surface area contributed by atoms with Gasteiger partial charge in [0.1, 0.15) is 5.65 Å². The Kier molecular flexibility index (Phi) is 4.32. The van der Waals surface area contributed by atoms with Crippen LogP contribution in [0.1, 0.15) is 58.4 Å². The van der Waals surface area contributed by atoms with E-state index in [0.717, 1.165) is 29.4 Å². The molecular weight excluding hydrogens is 276 g/mol. The summed E-state index contributed by atoms with van der Waals surface area (Å²) in [7, 11) is 0. The van der Waals surface area contributed by atoms with Crippen molar-refractivity contribution in [2.75, 3.05) is 0 Å². The highest BCUT2D eigenvalue weighted by molar-refractivity contribution is 6.02. The number of rotatable bonds is 7. The van der Waals surface area contributed by atoms with Gasteiger partial charge in [-0.05, 0) is 18.9 Å². The minimum atomic E-state index is -0.0439. The van der Waals surface area contributed by atoms with Crippen LogP contribution in [0.2, 0.25) is 0 Å². The number of unbranched alkanes of at least 4 members (excludes halogenated alkanes) is 3. The zero-order chi connectivity index (χ0) is 15.5. The molecular formula is C17H24N4O. The summed E-state index contributed by atoms with van der Waals surface area (Å²) < 4.78 is 2.07. The lowest BCUT2D eigenvalue weighted by Gasteiger charge is -2.18. The molecule has 3 aromatic heterocycles. The van der Waals surface area contributed by atoms with E-state index in [-0.39, 0.29) is 5.56 Å². The van der Waals surface area contributed by atoms with Crippen LogP contribution in [-0.2, 0) is 0 Å². The van der Waals surface area contributed by atoms with Gasteiger partial charge in [-0.15, -0.1) is 0 Å². The highest BCUT2D eigenvalue weighted by Crippen LogP contribution is 2.27. The average Bonchev–Trinajstić information content (AvgIpc) is 3.12. The van der Waals surface area contributed by atoms with Crippen molar-refractivity contribution in [2.45, 2.75) is 58.4 Å². The van der Waals surface area contributed by atoms with Gasteiger partial charge in [0, 0.05) is 17.8 Å². The van der Waals surface area contributed by atoms with Crippen LogP contribution < -0.4 is 5.56 Å². The standard InChI is InChI=1S/C17H24N4O/c1-3-5-6-7-8-12(4-2)21-15-13-9-10-18-16(13)19-11-14(15)17(22)20-21/h9-12H,3-8H2,1-2H3,(H,18,19)(H,20,22). The number of fused-ring (bicyclic) bond motifs is 3. The Morgan fingerprint density at radius 2 is 2.09 bits per heavy atom. The molecule has 3 rings (SSSR count). The van der Waals surface area contributed by atoms with Crippen molar-refractivity contribution in [1.29, 1.82) is 0 Å². The van der Waals surface area contributed by atoms with Crippen LogP contribution in [0.25, 0.3) is 21.9 Å². The molecule has 5 heteroatoms. The maximum Gasteiger partial charge on any atom is 0.273 e. The summed E-state index contributed by atoms with van der Waals surface area (Å²) in [5.41, 5.74) is 1.78. The van der Waals surface area contributed by atoms with Crippen LogP contribution in [0.5, 0.6) is 0 Å². The normalized spacial score (nSPS) is 13.2. The molecule has 0 aliphatic rings. The number of aromatic nitrogens is 4. The smallest absolute Gasteiger partial charge is 0.273 e. The lowest BCUT2D eigenvalue weighted by Crippen LogP contribution is -2.13. The molecule has 22 heavy (non-hydrogen) atoms. The molecule has 0 fully saturated rings. The lowest BCUT2D eigenvalue weighted by molar-refractivity contribution is 0.404. The molecule has 2 N–H and O–H groups in total. The molecule has 0 saturated carbocycles. The summed E-state index contributed by atoms with van der Waals surface area (Å²) >= 11 is 0. The molecule has 5 nitrogen and oxygen atoms in total. The van der Waals surface area contributed by atoms with Crippen LogP contribution in [0, 0.1) is 0 Å². The molecule has 0 amide bonds. The molecule has 0 aliphatic carbocycles. The fraction of sp³-hybridized carbons (Fsp3) is 0.529. The van der Waals surface area contributed by atoms with E-state index in [4.69, 9.17) is 0 Å². The first-order valence-corrected chi connectivity index (χ1v) is 8.32. The van der Waals surface area contributed by atoms with E-state index in [1.807, 2.05) is 12.3 Å². The van der Waals surface area contributed by atoms with Gasteiger partial charge in [0.05, 0.1) is 16.9 Å². The Morgan fingerprint density at radius 1 is 1.23 bits per heavy atom. The van der Waals surface area contributed by atoms with Crippen LogP contribution in [0.15, 0.2) is 23.3 Å². The van der Waals surface area contributed by atoms with Crippen LogP contribution in [0.3, 0.4) is 0 Å². The van der Waals surface area contributed by atoms with Crippen molar-refractivity contribution in [1.82, 2.24) is 19.7 Å². The fourth-order valence-electron chi connectivity index (χ4n) is 3.24. The van der Waals surface area contributed by atoms with E-state index in [2.05, 4.69) is 33.6 Å². The second-order valence-corrected chi connectivity index (χ2v) is 5.98. The Hall–Kier alpha value is -2.04. The predicted octanol–water partition coefficient (Wildman–Crippen LogP) is 4.13. The van der Waals surface area contributed by atoms with Crippen LogP contribution >= 0.6 is 0 Å². The minimum Gasteiger partial charge on any atom is -0.346 e. The van der Waals surface area contributed by atoms with Gasteiger partial charge in [0.2, 0.25) is 0 Å². The number of hydrogen-bond donors (Lipinski definition) is 2. The van der Waals surface area contributed by atoms with Gasteiger partial charge >= 0.3 is 0 Å². The molecule has 0 bridgehead atoms. The highest BCUT2D eigenvalue weighted by atomic mass is 16.1. The van der Waals surface area contributed by atoms with Gasteiger partial charge < -0.3 is 4.98 Å². The van der Waals surface area contributed by atoms with Gasteiger partial charge in [0.25, 0.3) is 5.56 Å². The number of aromatic amines is 2. The molecule has 118 valence electrons. The molecule has 0 radical (unpaired) electrons. The number of hydrogen-bond acceptors (Lipinski definition) is 2. The van der Waals surface area contributed by atoms with Gasteiger partial charge in [-0.3, -0.25) is 14.6 Å². The molecule has 0 aromatic carbocycles. The van der Waals surface area contributed by atoms with Crippen molar-refractivity contribution in [3.05, 3.63) is 28.8 Å². The second kappa shape index (κ2) is 6.38. The maximum atomic E-state index is 12.2.